The molecule has 108 valence electrons. The first-order valence-corrected chi connectivity index (χ1v) is 8.12. The van der Waals surface area contributed by atoms with Gasteiger partial charge >= 0.3 is 0 Å². The van der Waals surface area contributed by atoms with Gasteiger partial charge in [-0.1, -0.05) is 0 Å². The lowest BCUT2D eigenvalue weighted by molar-refractivity contribution is 0.291. The average Bonchev–Trinajstić information content (AvgIpc) is 2.83. The Hall–Kier alpha value is -1.24. The Kier molecular flexibility index (Phi) is 4.44. The minimum atomic E-state index is 0.780. The first-order valence-electron chi connectivity index (χ1n) is 7.24. The van der Waals surface area contributed by atoms with Crippen molar-refractivity contribution >= 4 is 27.4 Å². The normalized spacial score (nSPS) is 17.6. The van der Waals surface area contributed by atoms with Gasteiger partial charge in [0, 0.05) is 19.6 Å². The van der Waals surface area contributed by atoms with E-state index in [1.807, 2.05) is 0 Å². The van der Waals surface area contributed by atoms with Crippen molar-refractivity contribution in [3.63, 3.8) is 0 Å². The van der Waals surface area contributed by atoms with E-state index in [0.29, 0.717) is 0 Å². The second kappa shape index (κ2) is 6.47. The van der Waals surface area contributed by atoms with Crippen LogP contribution >= 0.6 is 11.3 Å². The Labute approximate surface area is 123 Å². The predicted molar refractivity (Wildman–Crippen MR) is 84.4 cm³/mol. The highest BCUT2D eigenvalue weighted by molar-refractivity contribution is 7.17. The van der Waals surface area contributed by atoms with E-state index in [2.05, 4.69) is 31.2 Å². The van der Waals surface area contributed by atoms with Gasteiger partial charge in [-0.2, -0.15) is 0 Å². The molecule has 1 aliphatic heterocycles. The lowest BCUT2D eigenvalue weighted by Gasteiger charge is -2.22. The lowest BCUT2D eigenvalue weighted by Crippen LogP contribution is -2.32. The van der Waals surface area contributed by atoms with E-state index in [1.54, 1.807) is 17.7 Å². The summed E-state index contributed by atoms with van der Waals surface area (Å²) in [6.07, 6.45) is 3.95. The van der Waals surface area contributed by atoms with Crippen molar-refractivity contribution in [1.29, 1.82) is 0 Å². The Bertz CT molecular complexity index is 555. The fourth-order valence-corrected chi connectivity index (χ4v) is 3.58. The Morgan fingerprint density at radius 2 is 2.15 bits per heavy atom. The highest BCUT2D eigenvalue weighted by Gasteiger charge is 2.18. The molecular formula is C14H21N5S. The maximum absolute atomic E-state index is 5.60. The van der Waals surface area contributed by atoms with Crippen molar-refractivity contribution < 1.29 is 0 Å². The van der Waals surface area contributed by atoms with Gasteiger partial charge in [-0.15, -0.1) is 11.3 Å². The van der Waals surface area contributed by atoms with E-state index in [-0.39, 0.29) is 0 Å². The van der Waals surface area contributed by atoms with E-state index in [1.165, 1.54) is 11.1 Å². The number of thiophene rings is 1. The Balaban J connectivity index is 1.73. The minimum Gasteiger partial charge on any atom is -0.354 e. The summed E-state index contributed by atoms with van der Waals surface area (Å²) in [5, 5.41) is 2.09. The molecule has 1 saturated heterocycles. The molecule has 0 spiro atoms. The fraction of sp³-hybridized carbons (Fsp3) is 0.571. The minimum absolute atomic E-state index is 0.780. The second-order valence-electron chi connectivity index (χ2n) is 5.16. The number of nitrogens with two attached hydrogens (primary N) is 1. The molecule has 3 heterocycles. The first kappa shape index (κ1) is 13.7. The van der Waals surface area contributed by atoms with Crippen molar-refractivity contribution in [3.05, 3.63) is 17.8 Å². The van der Waals surface area contributed by atoms with E-state index < -0.39 is 0 Å². The number of anilines is 1. The molecule has 2 aromatic heterocycles. The first-order chi connectivity index (χ1) is 9.88. The van der Waals surface area contributed by atoms with Crippen LogP contribution in [0.4, 0.5) is 5.82 Å². The van der Waals surface area contributed by atoms with Crippen LogP contribution in [-0.2, 0) is 0 Å². The monoisotopic (exact) mass is 291 g/mol. The zero-order valence-electron chi connectivity index (χ0n) is 11.7. The highest BCUT2D eigenvalue weighted by atomic mass is 32.1. The van der Waals surface area contributed by atoms with Gasteiger partial charge in [0.15, 0.2) is 0 Å². The van der Waals surface area contributed by atoms with Crippen molar-refractivity contribution in [3.8, 4) is 0 Å². The molecule has 2 N–H and O–H groups in total. The number of fused-ring (bicyclic) bond motifs is 1. The SMILES string of the molecule is NCCCN1CCCN(c2ncnc3ccsc23)CC1. The van der Waals surface area contributed by atoms with Crippen LogP contribution in [0, 0.1) is 0 Å². The number of aromatic nitrogens is 2. The van der Waals surface area contributed by atoms with Crippen molar-refractivity contribution in [1.82, 2.24) is 14.9 Å². The van der Waals surface area contributed by atoms with Crippen LogP contribution in [-0.4, -0.2) is 54.1 Å². The summed E-state index contributed by atoms with van der Waals surface area (Å²) in [6.45, 7) is 6.26. The third kappa shape index (κ3) is 2.92. The maximum Gasteiger partial charge on any atom is 0.150 e. The molecule has 6 heteroatoms. The lowest BCUT2D eigenvalue weighted by atomic mass is 10.3. The third-order valence-electron chi connectivity index (χ3n) is 3.79. The van der Waals surface area contributed by atoms with Crippen LogP contribution in [0.3, 0.4) is 0 Å². The molecule has 0 aliphatic carbocycles. The van der Waals surface area contributed by atoms with Gasteiger partial charge in [-0.3, -0.25) is 0 Å². The van der Waals surface area contributed by atoms with Gasteiger partial charge in [0.25, 0.3) is 0 Å². The molecule has 0 amide bonds. The fourth-order valence-electron chi connectivity index (χ4n) is 2.72. The third-order valence-corrected chi connectivity index (χ3v) is 4.69. The molecular weight excluding hydrogens is 270 g/mol. The van der Waals surface area contributed by atoms with Gasteiger partial charge in [-0.05, 0) is 43.9 Å². The van der Waals surface area contributed by atoms with Gasteiger partial charge < -0.3 is 15.5 Å². The summed E-state index contributed by atoms with van der Waals surface area (Å²) in [6, 6.07) is 2.07. The quantitative estimate of drug-likeness (QED) is 0.926. The standard InChI is InChI=1S/C14H21N5S/c15-4-1-5-18-6-2-7-19(9-8-18)14-13-12(3-10-20-13)16-11-17-14/h3,10-11H,1-2,4-9,15H2. The summed E-state index contributed by atoms with van der Waals surface area (Å²) in [4.78, 5) is 13.8. The van der Waals surface area contributed by atoms with Crippen LogP contribution in [0.5, 0.6) is 0 Å². The summed E-state index contributed by atoms with van der Waals surface area (Å²) >= 11 is 1.73. The van der Waals surface area contributed by atoms with Crippen molar-refractivity contribution in [2.45, 2.75) is 12.8 Å². The largest absolute Gasteiger partial charge is 0.354 e. The maximum atomic E-state index is 5.60. The van der Waals surface area contributed by atoms with Gasteiger partial charge in [-0.25, -0.2) is 9.97 Å². The number of nitrogens with zero attached hydrogens (tertiary/aromatic N) is 4. The van der Waals surface area contributed by atoms with Crippen LogP contribution < -0.4 is 10.6 Å². The van der Waals surface area contributed by atoms with Crippen LogP contribution in [0.2, 0.25) is 0 Å². The molecule has 1 fully saturated rings. The molecule has 3 rings (SSSR count). The molecule has 1 aliphatic rings. The molecule has 0 unspecified atom stereocenters. The molecule has 0 aromatic carbocycles. The summed E-state index contributed by atoms with van der Waals surface area (Å²) in [5.74, 6) is 1.10. The number of rotatable bonds is 4. The van der Waals surface area contributed by atoms with Gasteiger partial charge in [0.05, 0.1) is 10.2 Å². The molecule has 0 radical (unpaired) electrons. The van der Waals surface area contributed by atoms with Gasteiger partial charge in [0.2, 0.25) is 0 Å². The van der Waals surface area contributed by atoms with E-state index in [0.717, 1.165) is 57.0 Å². The molecule has 0 saturated carbocycles. The average molecular weight is 291 g/mol. The molecule has 5 nitrogen and oxygen atoms in total. The topological polar surface area (TPSA) is 58.3 Å². The summed E-state index contributed by atoms with van der Waals surface area (Å²) < 4.78 is 1.21. The van der Waals surface area contributed by atoms with Crippen molar-refractivity contribution in [2.75, 3.05) is 44.2 Å². The zero-order chi connectivity index (χ0) is 13.8. The summed E-state index contributed by atoms with van der Waals surface area (Å²) in [7, 11) is 0. The smallest absolute Gasteiger partial charge is 0.150 e. The van der Waals surface area contributed by atoms with E-state index >= 15 is 0 Å². The van der Waals surface area contributed by atoms with E-state index in [9.17, 15) is 0 Å². The molecule has 0 atom stereocenters. The molecule has 20 heavy (non-hydrogen) atoms. The van der Waals surface area contributed by atoms with Crippen molar-refractivity contribution in [2.24, 2.45) is 5.73 Å². The van der Waals surface area contributed by atoms with Gasteiger partial charge in [0.1, 0.15) is 12.1 Å². The Morgan fingerprint density at radius 1 is 1.20 bits per heavy atom. The number of hydrogen-bond acceptors (Lipinski definition) is 6. The predicted octanol–water partition coefficient (Wildman–Crippen LogP) is 1.55. The highest BCUT2D eigenvalue weighted by Crippen LogP contribution is 2.28. The van der Waals surface area contributed by atoms with Crippen LogP contribution in [0.15, 0.2) is 17.8 Å². The van der Waals surface area contributed by atoms with E-state index in [4.69, 9.17) is 5.73 Å². The number of hydrogen-bond donors (Lipinski definition) is 1. The second-order valence-corrected chi connectivity index (χ2v) is 6.07. The Morgan fingerprint density at radius 3 is 3.05 bits per heavy atom. The van der Waals surface area contributed by atoms with Crippen LogP contribution in [0.25, 0.3) is 10.2 Å². The van der Waals surface area contributed by atoms with Crippen LogP contribution in [0.1, 0.15) is 12.8 Å². The molecule has 0 bridgehead atoms. The summed E-state index contributed by atoms with van der Waals surface area (Å²) in [5.41, 5.74) is 6.66. The zero-order valence-corrected chi connectivity index (χ0v) is 12.5. The molecule has 2 aromatic rings.